The van der Waals surface area contributed by atoms with Gasteiger partial charge in [0.1, 0.15) is 0 Å². The highest BCUT2D eigenvalue weighted by atomic mass is 16.5. The number of hydrogen-bond donors (Lipinski definition) is 0. The van der Waals surface area contributed by atoms with Gasteiger partial charge in [0.15, 0.2) is 0 Å². The maximum Gasteiger partial charge on any atom is 0.253 e. The zero-order chi connectivity index (χ0) is 12.3. The zero-order valence-electron chi connectivity index (χ0n) is 9.77. The van der Waals surface area contributed by atoms with E-state index in [0.29, 0.717) is 31.7 Å². The van der Waals surface area contributed by atoms with Crippen LogP contribution in [0.5, 0.6) is 0 Å². The summed E-state index contributed by atoms with van der Waals surface area (Å²) in [5.74, 6) is -0.0463. The summed E-state index contributed by atoms with van der Waals surface area (Å²) >= 11 is 0. The van der Waals surface area contributed by atoms with Gasteiger partial charge >= 0.3 is 0 Å². The minimum atomic E-state index is -0.0463. The number of nitrogens with zero attached hydrogens (tertiary/aromatic N) is 2. The standard InChI is InChI=1S/C13H14N2O2/c1-15(6-2-5-14)13(16)10-3-4-11-8-17-9-12(11)7-10/h3-4,7H,2,6,8-9H2,1H3. The highest BCUT2D eigenvalue weighted by molar-refractivity contribution is 5.94. The van der Waals surface area contributed by atoms with E-state index in [-0.39, 0.29) is 5.91 Å². The summed E-state index contributed by atoms with van der Waals surface area (Å²) in [6, 6.07) is 7.67. The molecule has 1 aliphatic rings. The Kier molecular flexibility index (Phi) is 3.40. The van der Waals surface area contributed by atoms with Crippen molar-refractivity contribution in [2.24, 2.45) is 0 Å². The van der Waals surface area contributed by atoms with Gasteiger partial charge in [-0.1, -0.05) is 6.07 Å². The molecule has 0 bridgehead atoms. The van der Waals surface area contributed by atoms with Crippen LogP contribution in [-0.4, -0.2) is 24.4 Å². The third kappa shape index (κ3) is 2.45. The van der Waals surface area contributed by atoms with Gasteiger partial charge < -0.3 is 9.64 Å². The van der Waals surface area contributed by atoms with Crippen LogP contribution in [-0.2, 0) is 18.0 Å². The van der Waals surface area contributed by atoms with Crippen molar-refractivity contribution < 1.29 is 9.53 Å². The van der Waals surface area contributed by atoms with Gasteiger partial charge in [0.05, 0.1) is 25.7 Å². The second kappa shape index (κ2) is 4.98. The van der Waals surface area contributed by atoms with E-state index in [1.165, 1.54) is 0 Å². The van der Waals surface area contributed by atoms with Crippen molar-refractivity contribution in [2.75, 3.05) is 13.6 Å². The average Bonchev–Trinajstić information content (AvgIpc) is 2.81. The van der Waals surface area contributed by atoms with E-state index in [2.05, 4.69) is 0 Å². The third-order valence-electron chi connectivity index (χ3n) is 2.87. The lowest BCUT2D eigenvalue weighted by molar-refractivity contribution is 0.0798. The monoisotopic (exact) mass is 230 g/mol. The molecule has 0 saturated heterocycles. The molecule has 1 aliphatic heterocycles. The molecule has 0 N–H and O–H groups in total. The molecule has 1 aromatic carbocycles. The Bertz CT molecular complexity index is 477. The Morgan fingerprint density at radius 3 is 3.00 bits per heavy atom. The molecule has 1 aromatic rings. The molecular formula is C13H14N2O2. The van der Waals surface area contributed by atoms with E-state index in [4.69, 9.17) is 10.00 Å². The molecule has 2 rings (SSSR count). The lowest BCUT2D eigenvalue weighted by Gasteiger charge is -2.15. The van der Waals surface area contributed by atoms with Crippen LogP contribution in [0.2, 0.25) is 0 Å². The van der Waals surface area contributed by atoms with Crippen LogP contribution < -0.4 is 0 Å². The lowest BCUT2D eigenvalue weighted by Crippen LogP contribution is -2.27. The average molecular weight is 230 g/mol. The molecule has 0 spiro atoms. The fourth-order valence-corrected chi connectivity index (χ4v) is 1.84. The Morgan fingerprint density at radius 1 is 1.47 bits per heavy atom. The van der Waals surface area contributed by atoms with E-state index in [1.54, 1.807) is 11.9 Å². The highest BCUT2D eigenvalue weighted by Gasteiger charge is 2.16. The van der Waals surface area contributed by atoms with Crippen molar-refractivity contribution in [3.8, 4) is 6.07 Å². The number of benzene rings is 1. The summed E-state index contributed by atoms with van der Waals surface area (Å²) in [6.07, 6.45) is 0.357. The van der Waals surface area contributed by atoms with Crippen molar-refractivity contribution in [1.82, 2.24) is 4.90 Å². The second-order valence-corrected chi connectivity index (χ2v) is 4.11. The van der Waals surface area contributed by atoms with E-state index in [1.807, 2.05) is 24.3 Å². The number of nitriles is 1. The van der Waals surface area contributed by atoms with E-state index in [0.717, 1.165) is 11.1 Å². The molecule has 1 amide bonds. The first-order valence-corrected chi connectivity index (χ1v) is 5.54. The van der Waals surface area contributed by atoms with Gasteiger partial charge in [0.25, 0.3) is 5.91 Å². The third-order valence-corrected chi connectivity index (χ3v) is 2.87. The first kappa shape index (κ1) is 11.6. The summed E-state index contributed by atoms with van der Waals surface area (Å²) in [5.41, 5.74) is 2.90. The van der Waals surface area contributed by atoms with Crippen molar-refractivity contribution in [2.45, 2.75) is 19.6 Å². The maximum atomic E-state index is 12.0. The van der Waals surface area contributed by atoms with Crippen LogP contribution in [0.15, 0.2) is 18.2 Å². The van der Waals surface area contributed by atoms with Gasteiger partial charge in [-0.2, -0.15) is 5.26 Å². The highest BCUT2D eigenvalue weighted by Crippen LogP contribution is 2.21. The van der Waals surface area contributed by atoms with Crippen LogP contribution in [0.25, 0.3) is 0 Å². The molecule has 0 atom stereocenters. The molecule has 0 saturated carbocycles. The zero-order valence-corrected chi connectivity index (χ0v) is 9.77. The molecule has 0 radical (unpaired) electrons. The summed E-state index contributed by atoms with van der Waals surface area (Å²) in [4.78, 5) is 13.6. The predicted octanol–water partition coefficient (Wildman–Crippen LogP) is 1.70. The minimum absolute atomic E-state index is 0.0463. The molecule has 4 nitrogen and oxygen atoms in total. The van der Waals surface area contributed by atoms with Crippen molar-refractivity contribution in [3.63, 3.8) is 0 Å². The topological polar surface area (TPSA) is 53.3 Å². The largest absolute Gasteiger partial charge is 0.372 e. The van der Waals surface area contributed by atoms with Crippen molar-refractivity contribution in [1.29, 1.82) is 5.26 Å². The van der Waals surface area contributed by atoms with Gasteiger partial charge in [-0.15, -0.1) is 0 Å². The molecule has 88 valence electrons. The first-order chi connectivity index (χ1) is 8.22. The molecule has 0 fully saturated rings. The number of amides is 1. The number of hydrogen-bond acceptors (Lipinski definition) is 3. The number of carbonyl (C=O) groups is 1. The van der Waals surface area contributed by atoms with Crippen LogP contribution in [0, 0.1) is 11.3 Å². The Morgan fingerprint density at radius 2 is 2.24 bits per heavy atom. The number of carbonyl (C=O) groups excluding carboxylic acids is 1. The summed E-state index contributed by atoms with van der Waals surface area (Å²) in [5, 5.41) is 8.49. The molecular weight excluding hydrogens is 216 g/mol. The van der Waals surface area contributed by atoms with Crippen LogP contribution >= 0.6 is 0 Å². The number of rotatable bonds is 3. The first-order valence-electron chi connectivity index (χ1n) is 5.54. The normalized spacial score (nSPS) is 12.9. The van der Waals surface area contributed by atoms with Crippen LogP contribution in [0.4, 0.5) is 0 Å². The van der Waals surface area contributed by atoms with Gasteiger partial charge in [-0.05, 0) is 23.3 Å². The van der Waals surface area contributed by atoms with Gasteiger partial charge in [0.2, 0.25) is 0 Å². The van der Waals surface area contributed by atoms with E-state index in [9.17, 15) is 4.79 Å². The fourth-order valence-electron chi connectivity index (χ4n) is 1.84. The number of ether oxygens (including phenoxy) is 1. The summed E-state index contributed by atoms with van der Waals surface area (Å²) in [7, 11) is 1.71. The Labute approximate surface area is 100 Å². The lowest BCUT2D eigenvalue weighted by atomic mass is 10.1. The summed E-state index contributed by atoms with van der Waals surface area (Å²) in [6.45, 7) is 1.68. The van der Waals surface area contributed by atoms with Gasteiger partial charge in [0, 0.05) is 19.2 Å². The van der Waals surface area contributed by atoms with Gasteiger partial charge in [-0.3, -0.25) is 4.79 Å². The molecule has 17 heavy (non-hydrogen) atoms. The SMILES string of the molecule is CN(CCC#N)C(=O)c1ccc2c(c1)COC2. The molecule has 0 aliphatic carbocycles. The van der Waals surface area contributed by atoms with E-state index >= 15 is 0 Å². The maximum absolute atomic E-state index is 12.0. The molecule has 4 heteroatoms. The van der Waals surface area contributed by atoms with Crippen molar-refractivity contribution >= 4 is 5.91 Å². The molecule has 0 aromatic heterocycles. The smallest absolute Gasteiger partial charge is 0.253 e. The predicted molar refractivity (Wildman–Crippen MR) is 62.1 cm³/mol. The minimum Gasteiger partial charge on any atom is -0.372 e. The quantitative estimate of drug-likeness (QED) is 0.794. The van der Waals surface area contributed by atoms with Crippen LogP contribution in [0.1, 0.15) is 27.9 Å². The number of fused-ring (bicyclic) bond motifs is 1. The van der Waals surface area contributed by atoms with E-state index < -0.39 is 0 Å². The van der Waals surface area contributed by atoms with Crippen LogP contribution in [0.3, 0.4) is 0 Å². The van der Waals surface area contributed by atoms with Crippen molar-refractivity contribution in [3.05, 3.63) is 34.9 Å². The van der Waals surface area contributed by atoms with Gasteiger partial charge in [-0.25, -0.2) is 0 Å². The Hall–Kier alpha value is -1.86. The molecule has 0 unspecified atom stereocenters. The summed E-state index contributed by atoms with van der Waals surface area (Å²) < 4.78 is 5.31. The molecule has 1 heterocycles. The second-order valence-electron chi connectivity index (χ2n) is 4.11. The Balaban J connectivity index is 2.12. The fraction of sp³-hybridized carbons (Fsp3) is 0.385.